The molecule has 4 atom stereocenters. The van der Waals surface area contributed by atoms with Crippen molar-refractivity contribution in [2.75, 3.05) is 13.2 Å². The van der Waals surface area contributed by atoms with Crippen molar-refractivity contribution >= 4 is 11.9 Å². The lowest BCUT2D eigenvalue weighted by molar-refractivity contribution is -0.147. The first-order valence-corrected chi connectivity index (χ1v) is 14.5. The van der Waals surface area contributed by atoms with Gasteiger partial charge in [0, 0.05) is 12.8 Å². The van der Waals surface area contributed by atoms with Gasteiger partial charge in [0.05, 0.1) is 13.2 Å². The van der Waals surface area contributed by atoms with Crippen LogP contribution in [0, 0.1) is 34.5 Å². The normalized spacial score (nSPS) is 24.1. The molecule has 4 nitrogen and oxygen atoms in total. The molecule has 0 aliphatic heterocycles. The van der Waals surface area contributed by atoms with Gasteiger partial charge in [-0.05, 0) is 99.7 Å². The molecule has 0 saturated carbocycles. The Balaban J connectivity index is 1.48. The largest absolute Gasteiger partial charge is 0.465 e. The van der Waals surface area contributed by atoms with Gasteiger partial charge in [0.15, 0.2) is 0 Å². The highest BCUT2D eigenvalue weighted by molar-refractivity contribution is 5.70. The third-order valence-electron chi connectivity index (χ3n) is 9.58. The second-order valence-electron chi connectivity index (χ2n) is 13.0. The van der Waals surface area contributed by atoms with Crippen molar-refractivity contribution < 1.29 is 19.1 Å². The van der Waals surface area contributed by atoms with Gasteiger partial charge in [0.25, 0.3) is 0 Å². The summed E-state index contributed by atoms with van der Waals surface area (Å²) in [5.74, 6) is 1.84. The maximum absolute atomic E-state index is 12.1. The maximum Gasteiger partial charge on any atom is 0.305 e. The van der Waals surface area contributed by atoms with Crippen molar-refractivity contribution in [2.45, 2.75) is 120 Å². The van der Waals surface area contributed by atoms with Crippen LogP contribution in [0.5, 0.6) is 0 Å². The van der Waals surface area contributed by atoms with Gasteiger partial charge in [-0.25, -0.2) is 0 Å². The minimum absolute atomic E-state index is 0.151. The smallest absolute Gasteiger partial charge is 0.305 e. The lowest BCUT2D eigenvalue weighted by atomic mass is 9.75. The van der Waals surface area contributed by atoms with E-state index >= 15 is 0 Å². The van der Waals surface area contributed by atoms with E-state index in [9.17, 15) is 9.59 Å². The van der Waals surface area contributed by atoms with E-state index < -0.39 is 0 Å². The number of esters is 2. The Kier molecular flexibility index (Phi) is 11.8. The van der Waals surface area contributed by atoms with Crippen LogP contribution in [0.4, 0.5) is 0 Å². The first kappa shape index (κ1) is 30.6. The zero-order chi connectivity index (χ0) is 26.9. The lowest BCUT2D eigenvalue weighted by Gasteiger charge is -2.30. The summed E-state index contributed by atoms with van der Waals surface area (Å²) in [4.78, 5) is 24.2. The van der Waals surface area contributed by atoms with Crippen LogP contribution in [0.15, 0.2) is 23.3 Å². The fourth-order valence-corrected chi connectivity index (χ4v) is 5.65. The van der Waals surface area contributed by atoms with E-state index in [2.05, 4.69) is 67.5 Å². The van der Waals surface area contributed by atoms with Gasteiger partial charge < -0.3 is 9.47 Å². The van der Waals surface area contributed by atoms with Gasteiger partial charge in [0.1, 0.15) is 0 Å². The number of hydrogen-bond donors (Lipinski definition) is 0. The molecular formula is C32H54O4. The lowest BCUT2D eigenvalue weighted by Crippen LogP contribution is -2.22. The number of unbranched alkanes of at least 4 members (excludes halogenated alkanes) is 1. The second-order valence-corrected chi connectivity index (χ2v) is 13.0. The fraction of sp³-hybridized carbons (Fsp3) is 0.812. The van der Waals surface area contributed by atoms with Gasteiger partial charge in [-0.2, -0.15) is 0 Å². The molecule has 4 heteroatoms. The molecule has 2 rings (SSSR count). The molecule has 0 radical (unpaired) electrons. The molecule has 0 N–H and O–H groups in total. The van der Waals surface area contributed by atoms with Crippen LogP contribution < -0.4 is 0 Å². The van der Waals surface area contributed by atoms with E-state index in [0.29, 0.717) is 73.4 Å². The summed E-state index contributed by atoms with van der Waals surface area (Å²) in [5.41, 5.74) is 3.58. The van der Waals surface area contributed by atoms with Gasteiger partial charge in [-0.1, -0.05) is 64.8 Å². The molecule has 0 aromatic heterocycles. The van der Waals surface area contributed by atoms with Crippen LogP contribution in [0.25, 0.3) is 0 Å². The Hall–Kier alpha value is -1.58. The van der Waals surface area contributed by atoms with Gasteiger partial charge >= 0.3 is 11.9 Å². The topological polar surface area (TPSA) is 52.6 Å². The molecule has 206 valence electrons. The number of carbonyl (C=O) groups is 2. The maximum atomic E-state index is 12.1. The molecule has 0 aromatic rings. The van der Waals surface area contributed by atoms with Crippen LogP contribution in [-0.2, 0) is 19.1 Å². The Morgan fingerprint density at radius 2 is 1.14 bits per heavy atom. The Bertz CT molecular complexity index is 722. The average molecular weight is 503 g/mol. The van der Waals surface area contributed by atoms with E-state index in [4.69, 9.17) is 9.47 Å². The minimum Gasteiger partial charge on any atom is -0.465 e. The number of hydrogen-bond acceptors (Lipinski definition) is 4. The summed E-state index contributed by atoms with van der Waals surface area (Å²) in [6, 6.07) is 0. The SMILES string of the molecule is CC1=CCC(CCC(C)COC(=O)CCCCC(=O)OCC(C)CCC2CC=C(C)C2(C)C)C1(C)C. The molecule has 0 bridgehead atoms. The predicted molar refractivity (Wildman–Crippen MR) is 148 cm³/mol. The summed E-state index contributed by atoms with van der Waals surface area (Å²) in [6.45, 7) is 19.2. The number of carbonyl (C=O) groups excluding carboxylic acids is 2. The van der Waals surface area contributed by atoms with Crippen molar-refractivity contribution in [1.29, 1.82) is 0 Å². The first-order chi connectivity index (χ1) is 16.8. The quantitative estimate of drug-likeness (QED) is 0.128. The van der Waals surface area contributed by atoms with Crippen LogP contribution >= 0.6 is 0 Å². The van der Waals surface area contributed by atoms with Crippen molar-refractivity contribution in [2.24, 2.45) is 34.5 Å². The number of rotatable bonds is 15. The Morgan fingerprint density at radius 1 is 0.778 bits per heavy atom. The summed E-state index contributed by atoms with van der Waals surface area (Å²) >= 11 is 0. The zero-order valence-corrected chi connectivity index (χ0v) is 24.6. The number of ether oxygens (including phenoxy) is 2. The van der Waals surface area contributed by atoms with Gasteiger partial charge in [-0.3, -0.25) is 9.59 Å². The Labute approximate surface area is 221 Å². The van der Waals surface area contributed by atoms with Crippen LogP contribution in [-0.4, -0.2) is 25.2 Å². The van der Waals surface area contributed by atoms with Gasteiger partial charge in [0.2, 0.25) is 0 Å². The van der Waals surface area contributed by atoms with Crippen molar-refractivity contribution in [3.8, 4) is 0 Å². The second kappa shape index (κ2) is 13.8. The molecule has 0 heterocycles. The summed E-state index contributed by atoms with van der Waals surface area (Å²) in [5, 5.41) is 0. The summed E-state index contributed by atoms with van der Waals surface area (Å²) in [6.07, 6.45) is 13.7. The minimum atomic E-state index is -0.151. The number of allylic oxidation sites excluding steroid dienone is 4. The molecule has 4 unspecified atom stereocenters. The van der Waals surface area contributed by atoms with Crippen LogP contribution in [0.3, 0.4) is 0 Å². The highest BCUT2D eigenvalue weighted by atomic mass is 16.5. The third kappa shape index (κ3) is 9.06. The van der Waals surface area contributed by atoms with Gasteiger partial charge in [-0.15, -0.1) is 0 Å². The van der Waals surface area contributed by atoms with Crippen molar-refractivity contribution in [3.63, 3.8) is 0 Å². The highest BCUT2D eigenvalue weighted by Gasteiger charge is 2.35. The zero-order valence-electron chi connectivity index (χ0n) is 24.6. The van der Waals surface area contributed by atoms with Crippen LogP contribution in [0.2, 0.25) is 0 Å². The predicted octanol–water partition coefficient (Wildman–Crippen LogP) is 8.45. The third-order valence-corrected chi connectivity index (χ3v) is 9.58. The molecule has 0 amide bonds. The summed E-state index contributed by atoms with van der Waals surface area (Å²) < 4.78 is 11.0. The molecule has 0 fully saturated rings. The highest BCUT2D eigenvalue weighted by Crippen LogP contribution is 2.46. The molecular weight excluding hydrogens is 448 g/mol. The average Bonchev–Trinajstić information content (AvgIpc) is 3.23. The van der Waals surface area contributed by atoms with Crippen molar-refractivity contribution in [1.82, 2.24) is 0 Å². The fourth-order valence-electron chi connectivity index (χ4n) is 5.65. The van der Waals surface area contributed by atoms with Crippen molar-refractivity contribution in [3.05, 3.63) is 23.3 Å². The van der Waals surface area contributed by atoms with E-state index in [1.54, 1.807) is 0 Å². The van der Waals surface area contributed by atoms with E-state index in [1.807, 2.05) is 0 Å². The molecule has 2 aliphatic carbocycles. The van der Waals surface area contributed by atoms with E-state index in [1.165, 1.54) is 36.8 Å². The standard InChI is InChI=1S/C32H54O4/c1-23(13-17-27-19-15-25(3)31(27,5)6)21-35-29(33)11-9-10-12-30(34)36-22-24(2)14-18-28-20-16-26(4)32(28,7)8/h15-16,23-24,27-28H,9-14,17-22H2,1-8H3. The first-order valence-electron chi connectivity index (χ1n) is 14.5. The molecule has 0 aromatic carbocycles. The Morgan fingerprint density at radius 3 is 1.44 bits per heavy atom. The summed E-state index contributed by atoms with van der Waals surface area (Å²) in [7, 11) is 0. The molecule has 2 aliphatic rings. The monoisotopic (exact) mass is 502 g/mol. The molecule has 0 saturated heterocycles. The molecule has 36 heavy (non-hydrogen) atoms. The van der Waals surface area contributed by atoms with E-state index in [0.717, 1.165) is 12.8 Å². The molecule has 0 spiro atoms. The van der Waals surface area contributed by atoms with E-state index in [-0.39, 0.29) is 11.9 Å². The van der Waals surface area contributed by atoms with Crippen LogP contribution in [0.1, 0.15) is 120 Å².